The van der Waals surface area contributed by atoms with E-state index in [1.54, 1.807) is 17.6 Å². The fraction of sp³-hybridized carbons (Fsp3) is 0.320. The molecular formula is C25H22F3N3O7. The molecule has 0 radical (unpaired) electrons. The fourth-order valence-electron chi connectivity index (χ4n) is 4.35. The zero-order valence-corrected chi connectivity index (χ0v) is 20.2. The summed E-state index contributed by atoms with van der Waals surface area (Å²) in [4.78, 5) is 52.2. The molecule has 0 aliphatic carbocycles. The van der Waals surface area contributed by atoms with E-state index < -0.39 is 35.7 Å². The summed E-state index contributed by atoms with van der Waals surface area (Å²) in [5.74, 6) is -4.20. The van der Waals surface area contributed by atoms with Gasteiger partial charge >= 0.3 is 24.1 Å². The van der Waals surface area contributed by atoms with Crippen molar-refractivity contribution in [1.82, 2.24) is 9.55 Å². The molecule has 2 aliphatic heterocycles. The van der Waals surface area contributed by atoms with Gasteiger partial charge in [0.1, 0.15) is 12.6 Å². The van der Waals surface area contributed by atoms with Gasteiger partial charge in [-0.2, -0.15) is 13.2 Å². The highest BCUT2D eigenvalue weighted by Crippen LogP contribution is 2.41. The van der Waals surface area contributed by atoms with Crippen molar-refractivity contribution < 1.29 is 42.1 Å². The monoisotopic (exact) mass is 533 g/mol. The summed E-state index contributed by atoms with van der Waals surface area (Å²) in [5.41, 5.74) is 7.32. The van der Waals surface area contributed by atoms with E-state index in [9.17, 15) is 27.6 Å². The zero-order chi connectivity index (χ0) is 28.0. The van der Waals surface area contributed by atoms with Gasteiger partial charge in [0.25, 0.3) is 5.56 Å². The fourth-order valence-corrected chi connectivity index (χ4v) is 4.35. The third kappa shape index (κ3) is 4.49. The van der Waals surface area contributed by atoms with Gasteiger partial charge in [0.05, 0.1) is 29.0 Å². The van der Waals surface area contributed by atoms with Crippen LogP contribution in [-0.2, 0) is 42.6 Å². The van der Waals surface area contributed by atoms with Gasteiger partial charge in [-0.15, -0.1) is 0 Å². The van der Waals surface area contributed by atoms with Crippen LogP contribution in [0, 0.1) is 0 Å². The van der Waals surface area contributed by atoms with Gasteiger partial charge in [-0.05, 0) is 31.5 Å². The number of nitrogens with zero attached hydrogens (tertiary/aromatic N) is 2. The number of halogens is 3. The minimum Gasteiger partial charge on any atom is -0.475 e. The number of hydrogen-bond donors (Lipinski definition) is 2. The molecule has 13 heteroatoms. The smallest absolute Gasteiger partial charge is 0.475 e. The lowest BCUT2D eigenvalue weighted by atomic mass is 9.85. The van der Waals surface area contributed by atoms with Crippen LogP contribution in [0.15, 0.2) is 41.2 Å². The van der Waals surface area contributed by atoms with Gasteiger partial charge in [-0.25, -0.2) is 14.6 Å². The summed E-state index contributed by atoms with van der Waals surface area (Å²) in [6, 6.07) is 10.6. The van der Waals surface area contributed by atoms with Crippen LogP contribution in [0.5, 0.6) is 0 Å². The Bertz CT molecular complexity index is 1530. The van der Waals surface area contributed by atoms with E-state index in [2.05, 4.69) is 0 Å². The molecule has 0 saturated carbocycles. The lowest BCUT2D eigenvalue weighted by Crippen LogP contribution is -2.49. The number of carbonyl (C=O) groups excluding carboxylic acids is 2. The summed E-state index contributed by atoms with van der Waals surface area (Å²) in [6.45, 7) is 3.39. The van der Waals surface area contributed by atoms with Crippen molar-refractivity contribution in [2.24, 2.45) is 5.73 Å². The van der Waals surface area contributed by atoms with Crippen LogP contribution >= 0.6 is 0 Å². The first-order valence-corrected chi connectivity index (χ1v) is 11.4. The van der Waals surface area contributed by atoms with E-state index in [1.165, 1.54) is 6.92 Å². The first-order chi connectivity index (χ1) is 17.8. The van der Waals surface area contributed by atoms with E-state index in [1.807, 2.05) is 30.3 Å². The first kappa shape index (κ1) is 26.8. The second-order valence-corrected chi connectivity index (χ2v) is 8.77. The Morgan fingerprint density at radius 2 is 1.92 bits per heavy atom. The van der Waals surface area contributed by atoms with Crippen LogP contribution in [0.2, 0.25) is 0 Å². The predicted octanol–water partition coefficient (Wildman–Crippen LogP) is 2.61. The van der Waals surface area contributed by atoms with Gasteiger partial charge in [-0.1, -0.05) is 25.1 Å². The van der Waals surface area contributed by atoms with E-state index in [4.69, 9.17) is 30.1 Å². The number of carboxylic acid groups (broad SMARTS) is 1. The standard InChI is InChI=1S/C23H21N3O5.C2HF3O2/c1-3-23(31-21(28)12(2)24)16-9-18-19-14(8-13-6-4-5-7-17(13)25-19)10-26(18)20(27)15(16)11-30-22(23)29;3-2(4,5)1(6)7/h4-9,12H,3,10-11,24H2,1-2H3;(H,6,7)/t12-,23?;/m0./s1. The van der Waals surface area contributed by atoms with Gasteiger partial charge in [0.2, 0.25) is 5.60 Å². The number of carbonyl (C=O) groups is 3. The maximum Gasteiger partial charge on any atom is 0.490 e. The van der Waals surface area contributed by atoms with Gasteiger partial charge in [0, 0.05) is 16.5 Å². The Morgan fingerprint density at radius 3 is 2.53 bits per heavy atom. The van der Waals surface area contributed by atoms with E-state index in [0.717, 1.165) is 16.5 Å². The molecule has 2 aliphatic rings. The number of aliphatic carboxylic acids is 1. The van der Waals surface area contributed by atoms with Crippen LogP contribution in [0.25, 0.3) is 22.3 Å². The third-order valence-electron chi connectivity index (χ3n) is 6.27. The molecule has 2 atom stereocenters. The van der Waals surface area contributed by atoms with Crippen LogP contribution in [0.4, 0.5) is 13.2 Å². The third-order valence-corrected chi connectivity index (χ3v) is 6.27. The maximum atomic E-state index is 13.4. The molecule has 10 nitrogen and oxygen atoms in total. The number of aromatic nitrogens is 2. The number of rotatable bonds is 3. The van der Waals surface area contributed by atoms with Crippen LogP contribution < -0.4 is 11.3 Å². The van der Waals surface area contributed by atoms with Crippen molar-refractivity contribution in [2.75, 3.05) is 0 Å². The van der Waals surface area contributed by atoms with Gasteiger partial charge < -0.3 is 24.9 Å². The number of hydrogen-bond acceptors (Lipinski definition) is 8. The number of pyridine rings is 2. The average Bonchev–Trinajstić information content (AvgIpc) is 3.22. The molecule has 5 rings (SSSR count). The average molecular weight is 533 g/mol. The van der Waals surface area contributed by atoms with E-state index >= 15 is 0 Å². The highest BCUT2D eigenvalue weighted by Gasteiger charge is 2.50. The number of para-hydroxylation sites is 1. The SMILES string of the molecule is CCC1(OC(=O)[C@H](C)N)C(=O)OCc2c1cc1n(c2=O)Cc2cc3ccccc3nc2-1.O=C(O)C(F)(F)F. The lowest BCUT2D eigenvalue weighted by molar-refractivity contribution is -0.192. The Labute approximate surface area is 212 Å². The molecule has 200 valence electrons. The number of carboxylic acids is 1. The number of esters is 2. The molecule has 2 aromatic heterocycles. The number of fused-ring (bicyclic) bond motifs is 5. The topological polar surface area (TPSA) is 151 Å². The van der Waals surface area contributed by atoms with Crippen molar-refractivity contribution in [3.8, 4) is 11.4 Å². The molecule has 4 heterocycles. The quantitative estimate of drug-likeness (QED) is 0.379. The number of nitrogens with two attached hydrogens (primary N) is 1. The normalized spacial score (nSPS) is 18.3. The molecule has 1 unspecified atom stereocenters. The van der Waals surface area contributed by atoms with Crippen LogP contribution in [0.1, 0.15) is 37.0 Å². The second kappa shape index (κ2) is 9.56. The van der Waals surface area contributed by atoms with Gasteiger partial charge in [-0.3, -0.25) is 9.59 Å². The predicted molar refractivity (Wildman–Crippen MR) is 126 cm³/mol. The Balaban J connectivity index is 0.000000426. The Morgan fingerprint density at radius 1 is 1.26 bits per heavy atom. The second-order valence-electron chi connectivity index (χ2n) is 8.77. The van der Waals surface area contributed by atoms with Crippen molar-refractivity contribution in [3.63, 3.8) is 0 Å². The van der Waals surface area contributed by atoms with Crippen molar-refractivity contribution >= 4 is 28.8 Å². The number of alkyl halides is 3. The van der Waals surface area contributed by atoms with E-state index in [-0.39, 0.29) is 18.6 Å². The number of ether oxygens (including phenoxy) is 2. The molecule has 0 spiro atoms. The van der Waals surface area contributed by atoms with Crippen molar-refractivity contribution in [3.05, 3.63) is 63.4 Å². The molecule has 0 saturated heterocycles. The Hall–Kier alpha value is -4.26. The molecule has 3 aromatic rings. The summed E-state index contributed by atoms with van der Waals surface area (Å²) in [5, 5.41) is 8.11. The molecule has 1 aromatic carbocycles. The molecule has 38 heavy (non-hydrogen) atoms. The summed E-state index contributed by atoms with van der Waals surface area (Å²) in [7, 11) is 0. The largest absolute Gasteiger partial charge is 0.490 e. The van der Waals surface area contributed by atoms with Crippen LogP contribution in [-0.4, -0.2) is 44.8 Å². The number of cyclic esters (lactones) is 1. The summed E-state index contributed by atoms with van der Waals surface area (Å²) in [6.07, 6.45) is -4.97. The maximum absolute atomic E-state index is 13.4. The first-order valence-electron chi connectivity index (χ1n) is 11.4. The zero-order valence-electron chi connectivity index (χ0n) is 20.2. The van der Waals surface area contributed by atoms with Crippen molar-refractivity contribution in [1.29, 1.82) is 0 Å². The molecule has 3 N–H and O–H groups in total. The Kier molecular flexibility index (Phi) is 6.74. The molecular weight excluding hydrogens is 511 g/mol. The summed E-state index contributed by atoms with van der Waals surface area (Å²) < 4.78 is 44.2. The molecule has 0 bridgehead atoms. The number of benzene rings is 1. The minimum absolute atomic E-state index is 0.109. The van der Waals surface area contributed by atoms with E-state index in [0.29, 0.717) is 29.1 Å². The molecule has 0 fully saturated rings. The lowest BCUT2D eigenvalue weighted by Gasteiger charge is -2.36. The molecule has 0 amide bonds. The van der Waals surface area contributed by atoms with Crippen LogP contribution in [0.3, 0.4) is 0 Å². The summed E-state index contributed by atoms with van der Waals surface area (Å²) >= 11 is 0. The highest BCUT2D eigenvalue weighted by molar-refractivity contribution is 5.89. The highest BCUT2D eigenvalue weighted by atomic mass is 19.4. The minimum atomic E-state index is -5.08. The van der Waals surface area contributed by atoms with Crippen molar-refractivity contribution in [2.45, 2.75) is 51.2 Å². The van der Waals surface area contributed by atoms with Gasteiger partial charge in [0.15, 0.2) is 0 Å².